The fourth-order valence-corrected chi connectivity index (χ4v) is 2.02. The van der Waals surface area contributed by atoms with Gasteiger partial charge in [0, 0.05) is 24.9 Å². The van der Waals surface area contributed by atoms with E-state index in [-0.39, 0.29) is 0 Å². The molecular formula is C15H23N3O. The highest BCUT2D eigenvalue weighted by atomic mass is 16.5. The minimum absolute atomic E-state index is 0.340. The van der Waals surface area contributed by atoms with E-state index in [9.17, 15) is 0 Å². The highest BCUT2D eigenvalue weighted by Crippen LogP contribution is 2.09. The molecule has 0 atom stereocenters. The molecule has 0 fully saturated rings. The molecule has 4 nitrogen and oxygen atoms in total. The van der Waals surface area contributed by atoms with Gasteiger partial charge in [-0.15, -0.1) is 0 Å². The number of unbranched alkanes of at least 4 members (excludes halogenated alkanes) is 1. The van der Waals surface area contributed by atoms with E-state index in [4.69, 9.17) is 4.74 Å². The van der Waals surface area contributed by atoms with E-state index in [1.165, 1.54) is 11.1 Å². The van der Waals surface area contributed by atoms with Gasteiger partial charge in [0.2, 0.25) is 0 Å². The molecule has 0 amide bonds. The van der Waals surface area contributed by atoms with Crippen LogP contribution in [0.4, 0.5) is 0 Å². The Morgan fingerprint density at radius 2 is 2.21 bits per heavy atom. The first-order valence-corrected chi connectivity index (χ1v) is 7.01. The molecule has 2 aromatic rings. The molecule has 2 heterocycles. The fraction of sp³-hybridized carbons (Fsp3) is 0.533. The number of fused-ring (bicyclic) bond motifs is 1. The molecule has 2 aromatic heterocycles. The van der Waals surface area contributed by atoms with Gasteiger partial charge in [-0.25, -0.2) is 4.52 Å². The van der Waals surface area contributed by atoms with Crippen molar-refractivity contribution in [1.82, 2.24) is 14.9 Å². The molecule has 0 aliphatic carbocycles. The van der Waals surface area contributed by atoms with Crippen LogP contribution in [0.25, 0.3) is 5.52 Å². The lowest BCUT2D eigenvalue weighted by Crippen LogP contribution is -2.15. The van der Waals surface area contributed by atoms with Crippen molar-refractivity contribution in [1.29, 1.82) is 0 Å². The van der Waals surface area contributed by atoms with Crippen molar-refractivity contribution in [2.75, 3.05) is 13.2 Å². The van der Waals surface area contributed by atoms with E-state index in [1.807, 2.05) is 29.0 Å². The van der Waals surface area contributed by atoms with Crippen molar-refractivity contribution in [2.45, 2.75) is 39.3 Å². The van der Waals surface area contributed by atoms with Gasteiger partial charge in [0.05, 0.1) is 17.8 Å². The van der Waals surface area contributed by atoms with Crippen LogP contribution in [0.2, 0.25) is 0 Å². The van der Waals surface area contributed by atoms with E-state index in [1.54, 1.807) is 0 Å². The average Bonchev–Trinajstić information content (AvgIpc) is 2.81. The quantitative estimate of drug-likeness (QED) is 0.742. The van der Waals surface area contributed by atoms with Crippen LogP contribution >= 0.6 is 0 Å². The predicted molar refractivity (Wildman–Crippen MR) is 77.2 cm³/mol. The number of ether oxygens (including phenoxy) is 1. The van der Waals surface area contributed by atoms with Gasteiger partial charge in [-0.2, -0.15) is 5.10 Å². The first-order valence-electron chi connectivity index (χ1n) is 7.01. The number of rotatable bonds is 8. The third-order valence-corrected chi connectivity index (χ3v) is 3.02. The molecule has 2 rings (SSSR count). The number of hydrogen-bond donors (Lipinski definition) is 1. The Balaban J connectivity index is 1.66. The summed E-state index contributed by atoms with van der Waals surface area (Å²) in [5.74, 6) is 0. The van der Waals surface area contributed by atoms with Gasteiger partial charge in [-0.1, -0.05) is 6.07 Å². The summed E-state index contributed by atoms with van der Waals surface area (Å²) in [6.07, 6.45) is 6.50. The Kier molecular flexibility index (Phi) is 5.36. The topological polar surface area (TPSA) is 38.6 Å². The van der Waals surface area contributed by atoms with E-state index in [0.717, 1.165) is 32.5 Å². The summed E-state index contributed by atoms with van der Waals surface area (Å²) in [6.45, 7) is 6.90. The lowest BCUT2D eigenvalue weighted by atomic mass is 10.2. The van der Waals surface area contributed by atoms with E-state index in [2.05, 4.69) is 30.3 Å². The molecular weight excluding hydrogens is 238 g/mol. The molecule has 0 aliphatic heterocycles. The van der Waals surface area contributed by atoms with Crippen LogP contribution < -0.4 is 5.32 Å². The van der Waals surface area contributed by atoms with Gasteiger partial charge in [0.15, 0.2) is 0 Å². The van der Waals surface area contributed by atoms with Gasteiger partial charge < -0.3 is 10.1 Å². The van der Waals surface area contributed by atoms with Gasteiger partial charge in [0.1, 0.15) is 0 Å². The van der Waals surface area contributed by atoms with Gasteiger partial charge >= 0.3 is 0 Å². The Hall–Kier alpha value is -1.39. The highest BCUT2D eigenvalue weighted by Gasteiger charge is 2.01. The molecule has 1 N–H and O–H groups in total. The van der Waals surface area contributed by atoms with Crippen LogP contribution in [0, 0.1) is 0 Å². The SMILES string of the molecule is CC(C)OCCCCNCc1cnn2ccccc12. The standard InChI is InChI=1S/C15H23N3O/c1-13(2)19-10-6-4-8-16-11-14-12-17-18-9-5-3-7-15(14)18/h3,5,7,9,12-13,16H,4,6,8,10-11H2,1-2H3. The Labute approximate surface area is 114 Å². The zero-order chi connectivity index (χ0) is 13.5. The largest absolute Gasteiger partial charge is 0.379 e. The van der Waals surface area contributed by atoms with Gasteiger partial charge in [-0.3, -0.25) is 0 Å². The highest BCUT2D eigenvalue weighted by molar-refractivity contribution is 5.53. The van der Waals surface area contributed by atoms with Crippen LogP contribution in [0.5, 0.6) is 0 Å². The smallest absolute Gasteiger partial charge is 0.0706 e. The first kappa shape index (κ1) is 14.0. The second kappa shape index (κ2) is 7.26. The number of pyridine rings is 1. The summed E-state index contributed by atoms with van der Waals surface area (Å²) < 4.78 is 7.42. The van der Waals surface area contributed by atoms with E-state index >= 15 is 0 Å². The molecule has 0 saturated carbocycles. The number of aromatic nitrogens is 2. The third-order valence-electron chi connectivity index (χ3n) is 3.02. The molecule has 0 bridgehead atoms. The first-order chi connectivity index (χ1) is 9.27. The number of nitrogens with zero attached hydrogens (tertiary/aromatic N) is 2. The monoisotopic (exact) mass is 261 g/mol. The molecule has 0 aliphatic rings. The zero-order valence-corrected chi connectivity index (χ0v) is 11.8. The Morgan fingerprint density at radius 3 is 3.05 bits per heavy atom. The van der Waals surface area contributed by atoms with Crippen molar-refractivity contribution in [2.24, 2.45) is 0 Å². The normalized spacial score (nSPS) is 11.5. The van der Waals surface area contributed by atoms with E-state index < -0.39 is 0 Å². The fourth-order valence-electron chi connectivity index (χ4n) is 2.02. The van der Waals surface area contributed by atoms with Crippen LogP contribution in [-0.2, 0) is 11.3 Å². The summed E-state index contributed by atoms with van der Waals surface area (Å²) in [5.41, 5.74) is 2.43. The molecule has 0 spiro atoms. The summed E-state index contributed by atoms with van der Waals surface area (Å²) >= 11 is 0. The van der Waals surface area contributed by atoms with Crippen molar-refractivity contribution in [3.05, 3.63) is 36.2 Å². The summed E-state index contributed by atoms with van der Waals surface area (Å²) in [7, 11) is 0. The van der Waals surface area contributed by atoms with Gasteiger partial charge in [0.25, 0.3) is 0 Å². The summed E-state index contributed by atoms with van der Waals surface area (Å²) in [4.78, 5) is 0. The zero-order valence-electron chi connectivity index (χ0n) is 11.8. The predicted octanol–water partition coefficient (Wildman–Crippen LogP) is 2.63. The van der Waals surface area contributed by atoms with E-state index in [0.29, 0.717) is 6.10 Å². The maximum absolute atomic E-state index is 5.51. The van der Waals surface area contributed by atoms with Crippen molar-refractivity contribution < 1.29 is 4.74 Å². The van der Waals surface area contributed by atoms with Crippen LogP contribution in [0.3, 0.4) is 0 Å². The summed E-state index contributed by atoms with van der Waals surface area (Å²) in [6, 6.07) is 6.14. The summed E-state index contributed by atoms with van der Waals surface area (Å²) in [5, 5.41) is 7.78. The van der Waals surface area contributed by atoms with Crippen molar-refractivity contribution >= 4 is 5.52 Å². The minimum atomic E-state index is 0.340. The van der Waals surface area contributed by atoms with Crippen molar-refractivity contribution in [3.63, 3.8) is 0 Å². The molecule has 104 valence electrons. The van der Waals surface area contributed by atoms with Crippen molar-refractivity contribution in [3.8, 4) is 0 Å². The maximum Gasteiger partial charge on any atom is 0.0706 e. The Morgan fingerprint density at radius 1 is 1.32 bits per heavy atom. The Bertz CT molecular complexity index is 493. The number of nitrogens with one attached hydrogen (secondary N) is 1. The third kappa shape index (κ3) is 4.33. The van der Waals surface area contributed by atoms with Crippen LogP contribution in [-0.4, -0.2) is 28.9 Å². The van der Waals surface area contributed by atoms with Crippen LogP contribution in [0.15, 0.2) is 30.6 Å². The number of hydrogen-bond acceptors (Lipinski definition) is 3. The van der Waals surface area contributed by atoms with Crippen LogP contribution in [0.1, 0.15) is 32.3 Å². The molecule has 0 radical (unpaired) electrons. The van der Waals surface area contributed by atoms with Gasteiger partial charge in [-0.05, 0) is 45.4 Å². The minimum Gasteiger partial charge on any atom is -0.379 e. The molecule has 0 saturated heterocycles. The average molecular weight is 261 g/mol. The molecule has 4 heteroatoms. The second-order valence-corrected chi connectivity index (χ2v) is 5.00. The maximum atomic E-state index is 5.51. The lowest BCUT2D eigenvalue weighted by molar-refractivity contribution is 0.0760. The lowest BCUT2D eigenvalue weighted by Gasteiger charge is -2.07. The second-order valence-electron chi connectivity index (χ2n) is 5.00. The molecule has 0 aromatic carbocycles. The molecule has 19 heavy (non-hydrogen) atoms. The molecule has 0 unspecified atom stereocenters.